The van der Waals surface area contributed by atoms with E-state index in [4.69, 9.17) is 4.74 Å². The van der Waals surface area contributed by atoms with Gasteiger partial charge in [0.2, 0.25) is 0 Å². The van der Waals surface area contributed by atoms with Crippen molar-refractivity contribution >= 4 is 5.97 Å². The first-order chi connectivity index (χ1) is 11.6. The summed E-state index contributed by atoms with van der Waals surface area (Å²) in [6, 6.07) is 7.56. The van der Waals surface area contributed by atoms with Crippen molar-refractivity contribution in [1.82, 2.24) is 15.0 Å². The van der Waals surface area contributed by atoms with Gasteiger partial charge in [0.25, 0.3) is 0 Å². The zero-order chi connectivity index (χ0) is 17.1. The van der Waals surface area contributed by atoms with Crippen LogP contribution in [0.25, 0.3) is 22.5 Å². The number of carbonyl (C=O) groups excluding carboxylic acids is 1. The number of aromatic nitrogens is 3. The lowest BCUT2D eigenvalue weighted by Crippen LogP contribution is -2.13. The fourth-order valence-corrected chi connectivity index (χ4v) is 2.66. The molecule has 3 rings (SSSR count). The fraction of sp³-hybridized carbons (Fsp3) is 0.211. The Labute approximate surface area is 140 Å². The number of pyridine rings is 2. The predicted octanol–water partition coefficient (Wildman–Crippen LogP) is 4.01. The smallest absolute Gasteiger partial charge is 0.340 e. The van der Waals surface area contributed by atoms with Gasteiger partial charge < -0.3 is 9.72 Å². The lowest BCUT2D eigenvalue weighted by Gasteiger charge is -2.09. The van der Waals surface area contributed by atoms with Crippen LogP contribution in [-0.4, -0.2) is 27.0 Å². The topological polar surface area (TPSA) is 67.9 Å². The maximum Gasteiger partial charge on any atom is 0.340 e. The summed E-state index contributed by atoms with van der Waals surface area (Å²) in [6.07, 6.45) is 6.69. The zero-order valence-corrected chi connectivity index (χ0v) is 13.9. The van der Waals surface area contributed by atoms with Crippen LogP contribution in [0.15, 0.2) is 49.1 Å². The van der Waals surface area contributed by atoms with Crippen LogP contribution < -0.4 is 0 Å². The molecule has 3 heterocycles. The molecule has 0 aliphatic rings. The van der Waals surface area contributed by atoms with E-state index in [1.165, 1.54) is 0 Å². The molecule has 5 nitrogen and oxygen atoms in total. The molecular formula is C19H19N3O2. The van der Waals surface area contributed by atoms with Gasteiger partial charge in [0.15, 0.2) is 0 Å². The predicted molar refractivity (Wildman–Crippen MR) is 92.5 cm³/mol. The lowest BCUT2D eigenvalue weighted by atomic mass is 10.0. The van der Waals surface area contributed by atoms with Gasteiger partial charge in [-0.3, -0.25) is 9.97 Å². The average molecular weight is 321 g/mol. The largest absolute Gasteiger partial charge is 0.459 e. The van der Waals surface area contributed by atoms with Crippen molar-refractivity contribution in [2.24, 2.45) is 0 Å². The summed E-state index contributed by atoms with van der Waals surface area (Å²) in [5.74, 6) is -0.328. The van der Waals surface area contributed by atoms with E-state index in [1.54, 1.807) is 24.8 Å². The van der Waals surface area contributed by atoms with E-state index < -0.39 is 0 Å². The Balaban J connectivity index is 2.18. The molecule has 3 aromatic heterocycles. The van der Waals surface area contributed by atoms with E-state index in [2.05, 4.69) is 15.0 Å². The molecule has 0 aliphatic carbocycles. The SMILES string of the molecule is Cc1c(-c2ccncc2)[nH]c(-c2ccncc2)c1C(=O)OC(C)C. The lowest BCUT2D eigenvalue weighted by molar-refractivity contribution is 0.0378. The van der Waals surface area contributed by atoms with E-state index in [-0.39, 0.29) is 12.1 Å². The zero-order valence-electron chi connectivity index (χ0n) is 13.9. The van der Waals surface area contributed by atoms with Crippen LogP contribution in [-0.2, 0) is 4.74 Å². The van der Waals surface area contributed by atoms with Crippen LogP contribution in [0.3, 0.4) is 0 Å². The molecule has 0 atom stereocenters. The normalized spacial score (nSPS) is 10.8. The molecule has 0 aliphatic heterocycles. The van der Waals surface area contributed by atoms with Crippen LogP contribution in [0.2, 0.25) is 0 Å². The fourth-order valence-electron chi connectivity index (χ4n) is 2.66. The molecule has 0 unspecified atom stereocenters. The Morgan fingerprint density at radius 1 is 0.958 bits per heavy atom. The Morgan fingerprint density at radius 2 is 1.46 bits per heavy atom. The molecule has 3 aromatic rings. The van der Waals surface area contributed by atoms with E-state index in [0.717, 1.165) is 28.1 Å². The van der Waals surface area contributed by atoms with Crippen molar-refractivity contribution in [1.29, 1.82) is 0 Å². The molecule has 0 saturated carbocycles. The number of hydrogen-bond acceptors (Lipinski definition) is 4. The van der Waals surface area contributed by atoms with Crippen molar-refractivity contribution in [3.8, 4) is 22.5 Å². The second kappa shape index (κ2) is 6.66. The summed E-state index contributed by atoms with van der Waals surface area (Å²) in [5, 5.41) is 0. The van der Waals surface area contributed by atoms with E-state index in [9.17, 15) is 4.79 Å². The van der Waals surface area contributed by atoms with Gasteiger partial charge >= 0.3 is 5.97 Å². The number of nitrogens with one attached hydrogen (secondary N) is 1. The van der Waals surface area contributed by atoms with Gasteiger partial charge in [-0.15, -0.1) is 0 Å². The highest BCUT2D eigenvalue weighted by Gasteiger charge is 2.24. The van der Waals surface area contributed by atoms with Crippen molar-refractivity contribution in [3.63, 3.8) is 0 Å². The minimum atomic E-state index is -0.328. The van der Waals surface area contributed by atoms with Gasteiger partial charge in [-0.1, -0.05) is 0 Å². The van der Waals surface area contributed by atoms with Gasteiger partial charge in [0, 0.05) is 41.6 Å². The van der Waals surface area contributed by atoms with Crippen LogP contribution >= 0.6 is 0 Å². The van der Waals surface area contributed by atoms with Crippen molar-refractivity contribution in [2.75, 3.05) is 0 Å². The summed E-state index contributed by atoms with van der Waals surface area (Å²) >= 11 is 0. The van der Waals surface area contributed by atoms with Gasteiger partial charge in [-0.05, 0) is 50.6 Å². The molecule has 0 bridgehead atoms. The molecule has 0 saturated heterocycles. The quantitative estimate of drug-likeness (QED) is 0.737. The number of ether oxygens (including phenoxy) is 1. The molecule has 122 valence electrons. The first-order valence-electron chi connectivity index (χ1n) is 7.82. The number of H-pyrrole nitrogens is 1. The number of rotatable bonds is 4. The third-order valence-corrected chi connectivity index (χ3v) is 3.73. The Hall–Kier alpha value is -2.95. The summed E-state index contributed by atoms with van der Waals surface area (Å²) in [7, 11) is 0. The summed E-state index contributed by atoms with van der Waals surface area (Å²) in [6.45, 7) is 5.61. The second-order valence-electron chi connectivity index (χ2n) is 5.80. The summed E-state index contributed by atoms with van der Waals surface area (Å²) in [4.78, 5) is 24.1. The molecule has 0 spiro atoms. The van der Waals surface area contributed by atoms with Gasteiger partial charge in [-0.25, -0.2) is 4.79 Å². The molecule has 24 heavy (non-hydrogen) atoms. The molecular weight excluding hydrogens is 302 g/mol. The van der Waals surface area contributed by atoms with Crippen molar-refractivity contribution in [3.05, 3.63) is 60.2 Å². The van der Waals surface area contributed by atoms with Crippen LogP contribution in [0.5, 0.6) is 0 Å². The number of aromatic amines is 1. The standard InChI is InChI=1S/C19H19N3O2/c1-12(2)24-19(23)16-13(3)17(14-4-8-20-9-5-14)22-18(16)15-6-10-21-11-7-15/h4-12,22H,1-3H3. The molecule has 1 N–H and O–H groups in total. The molecule has 0 aromatic carbocycles. The third-order valence-electron chi connectivity index (χ3n) is 3.73. The highest BCUT2D eigenvalue weighted by atomic mass is 16.5. The van der Waals surface area contributed by atoms with E-state index >= 15 is 0 Å². The third kappa shape index (κ3) is 3.06. The Morgan fingerprint density at radius 3 is 1.96 bits per heavy atom. The highest BCUT2D eigenvalue weighted by molar-refractivity contribution is 6.00. The van der Waals surface area contributed by atoms with Gasteiger partial charge in [0.05, 0.1) is 17.4 Å². The number of hydrogen-bond donors (Lipinski definition) is 1. The first kappa shape index (κ1) is 15.9. The van der Waals surface area contributed by atoms with Crippen molar-refractivity contribution in [2.45, 2.75) is 26.9 Å². The van der Waals surface area contributed by atoms with Crippen LogP contribution in [0.1, 0.15) is 29.8 Å². The monoisotopic (exact) mass is 321 g/mol. The summed E-state index contributed by atoms with van der Waals surface area (Å²) in [5.41, 5.74) is 4.91. The van der Waals surface area contributed by atoms with Crippen LogP contribution in [0, 0.1) is 6.92 Å². The highest BCUT2D eigenvalue weighted by Crippen LogP contribution is 2.33. The van der Waals surface area contributed by atoms with Crippen LogP contribution in [0.4, 0.5) is 0 Å². The Kier molecular flexibility index (Phi) is 4.42. The second-order valence-corrected chi connectivity index (χ2v) is 5.80. The number of esters is 1. The molecule has 0 amide bonds. The summed E-state index contributed by atoms with van der Waals surface area (Å²) < 4.78 is 5.44. The molecule has 0 radical (unpaired) electrons. The minimum absolute atomic E-state index is 0.179. The minimum Gasteiger partial charge on any atom is -0.459 e. The Bertz CT molecular complexity index is 840. The maximum atomic E-state index is 12.6. The van der Waals surface area contributed by atoms with E-state index in [1.807, 2.05) is 45.0 Å². The number of nitrogens with zero attached hydrogens (tertiary/aromatic N) is 2. The number of carbonyl (C=O) groups is 1. The average Bonchev–Trinajstić information content (AvgIpc) is 2.93. The van der Waals surface area contributed by atoms with E-state index in [0.29, 0.717) is 5.56 Å². The van der Waals surface area contributed by atoms with Crippen molar-refractivity contribution < 1.29 is 9.53 Å². The maximum absolute atomic E-state index is 12.6. The van der Waals surface area contributed by atoms with Gasteiger partial charge in [0.1, 0.15) is 0 Å². The molecule has 5 heteroatoms. The van der Waals surface area contributed by atoms with Gasteiger partial charge in [-0.2, -0.15) is 0 Å². The first-order valence-corrected chi connectivity index (χ1v) is 7.82. The molecule has 0 fully saturated rings.